The second-order valence-corrected chi connectivity index (χ2v) is 7.66. The highest BCUT2D eigenvalue weighted by molar-refractivity contribution is 6.31. The molecule has 5 nitrogen and oxygen atoms in total. The van der Waals surface area contributed by atoms with Gasteiger partial charge in [0.05, 0.1) is 11.4 Å². The van der Waals surface area contributed by atoms with Gasteiger partial charge in [-0.1, -0.05) is 29.8 Å². The highest BCUT2D eigenvalue weighted by atomic mass is 35.5. The van der Waals surface area contributed by atoms with Gasteiger partial charge in [-0.2, -0.15) is 0 Å². The molecule has 1 saturated heterocycles. The van der Waals surface area contributed by atoms with Crippen molar-refractivity contribution in [1.29, 1.82) is 0 Å². The molecule has 2 atom stereocenters. The van der Waals surface area contributed by atoms with Gasteiger partial charge in [-0.15, -0.1) is 0 Å². The molecule has 0 radical (unpaired) electrons. The standard InChI is InChI=1S/C21H22ClN3O2/c22-17-6-2-1-5-14(17)15-12-16(15)21(27)24-18-11-13(20(23)26)7-8-19(18)25-9-3-4-10-25/h1-2,5-8,11,15-16H,3-4,9-10,12H2,(H2,23,26)(H,24,27). The molecule has 140 valence electrons. The quantitative estimate of drug-likeness (QED) is 0.824. The lowest BCUT2D eigenvalue weighted by molar-refractivity contribution is -0.117. The minimum Gasteiger partial charge on any atom is -0.370 e. The van der Waals surface area contributed by atoms with Crippen molar-refractivity contribution < 1.29 is 9.59 Å². The van der Waals surface area contributed by atoms with Gasteiger partial charge >= 0.3 is 0 Å². The van der Waals surface area contributed by atoms with Gasteiger partial charge in [0.2, 0.25) is 11.8 Å². The molecule has 1 aliphatic carbocycles. The maximum Gasteiger partial charge on any atom is 0.248 e. The molecule has 2 amide bonds. The molecule has 1 saturated carbocycles. The smallest absolute Gasteiger partial charge is 0.248 e. The van der Waals surface area contributed by atoms with Crippen LogP contribution in [0, 0.1) is 5.92 Å². The summed E-state index contributed by atoms with van der Waals surface area (Å²) in [5.41, 5.74) is 8.44. The van der Waals surface area contributed by atoms with Crippen LogP contribution in [-0.4, -0.2) is 24.9 Å². The number of benzene rings is 2. The van der Waals surface area contributed by atoms with Crippen molar-refractivity contribution in [3.8, 4) is 0 Å². The highest BCUT2D eigenvalue weighted by Gasteiger charge is 2.45. The topological polar surface area (TPSA) is 75.4 Å². The van der Waals surface area contributed by atoms with Gasteiger partial charge < -0.3 is 16.0 Å². The van der Waals surface area contributed by atoms with Crippen LogP contribution in [0.2, 0.25) is 5.02 Å². The molecule has 1 heterocycles. The van der Waals surface area contributed by atoms with Crippen molar-refractivity contribution in [1.82, 2.24) is 0 Å². The molecule has 2 aromatic rings. The van der Waals surface area contributed by atoms with Crippen LogP contribution in [0.5, 0.6) is 0 Å². The Bertz CT molecular complexity index is 893. The van der Waals surface area contributed by atoms with E-state index in [4.69, 9.17) is 17.3 Å². The van der Waals surface area contributed by atoms with E-state index in [2.05, 4.69) is 10.2 Å². The second kappa shape index (κ2) is 7.24. The third kappa shape index (κ3) is 3.65. The predicted octanol–water partition coefficient (Wildman–Crippen LogP) is 3.78. The molecule has 2 unspecified atom stereocenters. The summed E-state index contributed by atoms with van der Waals surface area (Å²) in [6.45, 7) is 1.90. The third-order valence-corrected chi connectivity index (χ3v) is 5.76. The Hall–Kier alpha value is -2.53. The molecule has 2 aromatic carbocycles. The number of nitrogens with zero attached hydrogens (tertiary/aromatic N) is 1. The molecular formula is C21H22ClN3O2. The van der Waals surface area contributed by atoms with Crippen LogP contribution in [0.15, 0.2) is 42.5 Å². The number of rotatable bonds is 5. The molecule has 0 aromatic heterocycles. The molecule has 6 heteroatoms. The number of halogens is 1. The van der Waals surface area contributed by atoms with Gasteiger partial charge in [-0.3, -0.25) is 9.59 Å². The van der Waals surface area contributed by atoms with Crippen LogP contribution in [0.4, 0.5) is 11.4 Å². The zero-order valence-electron chi connectivity index (χ0n) is 15.0. The first-order valence-electron chi connectivity index (χ1n) is 9.28. The molecule has 0 bridgehead atoms. The lowest BCUT2D eigenvalue weighted by Gasteiger charge is -2.22. The molecule has 2 aliphatic rings. The van der Waals surface area contributed by atoms with E-state index in [-0.39, 0.29) is 17.7 Å². The summed E-state index contributed by atoms with van der Waals surface area (Å²) in [4.78, 5) is 26.6. The molecule has 4 rings (SSSR count). The van der Waals surface area contributed by atoms with Crippen molar-refractivity contribution in [3.63, 3.8) is 0 Å². The van der Waals surface area contributed by atoms with Crippen molar-refractivity contribution in [2.75, 3.05) is 23.3 Å². The lowest BCUT2D eigenvalue weighted by atomic mass is 10.1. The van der Waals surface area contributed by atoms with E-state index in [0.29, 0.717) is 16.3 Å². The molecule has 27 heavy (non-hydrogen) atoms. The lowest BCUT2D eigenvalue weighted by Crippen LogP contribution is -2.23. The van der Waals surface area contributed by atoms with Crippen LogP contribution in [0.1, 0.15) is 41.1 Å². The number of carbonyl (C=O) groups is 2. The summed E-state index contributed by atoms with van der Waals surface area (Å²) in [6.07, 6.45) is 3.04. The van der Waals surface area contributed by atoms with E-state index in [1.165, 1.54) is 0 Å². The Kier molecular flexibility index (Phi) is 4.79. The normalized spacial score (nSPS) is 21.1. The third-order valence-electron chi connectivity index (χ3n) is 5.42. The highest BCUT2D eigenvalue weighted by Crippen LogP contribution is 2.50. The fourth-order valence-corrected chi connectivity index (χ4v) is 4.13. The second-order valence-electron chi connectivity index (χ2n) is 7.25. The number of carbonyl (C=O) groups excluding carboxylic acids is 2. The summed E-state index contributed by atoms with van der Waals surface area (Å²) >= 11 is 6.27. The Labute approximate surface area is 163 Å². The van der Waals surface area contributed by atoms with Gasteiger partial charge in [-0.05, 0) is 55.0 Å². The van der Waals surface area contributed by atoms with Crippen LogP contribution >= 0.6 is 11.6 Å². The van der Waals surface area contributed by atoms with Crippen molar-refractivity contribution in [2.24, 2.45) is 11.7 Å². The van der Waals surface area contributed by atoms with E-state index in [0.717, 1.165) is 43.6 Å². The van der Waals surface area contributed by atoms with Crippen LogP contribution in [0.25, 0.3) is 0 Å². The number of primary amides is 1. The Balaban J connectivity index is 1.54. The van der Waals surface area contributed by atoms with Gasteiger partial charge in [0.15, 0.2) is 0 Å². The summed E-state index contributed by atoms with van der Waals surface area (Å²) in [5, 5.41) is 3.73. The number of nitrogens with one attached hydrogen (secondary N) is 1. The monoisotopic (exact) mass is 383 g/mol. The summed E-state index contributed by atoms with van der Waals surface area (Å²) in [5.74, 6) is -0.498. The summed E-state index contributed by atoms with van der Waals surface area (Å²) in [6, 6.07) is 12.9. The Morgan fingerprint density at radius 1 is 1.11 bits per heavy atom. The van der Waals surface area contributed by atoms with Gasteiger partial charge in [0, 0.05) is 29.6 Å². The number of hydrogen-bond acceptors (Lipinski definition) is 3. The van der Waals surface area contributed by atoms with E-state index < -0.39 is 5.91 Å². The fraction of sp³-hybridized carbons (Fsp3) is 0.333. The van der Waals surface area contributed by atoms with Crippen LogP contribution in [0.3, 0.4) is 0 Å². The van der Waals surface area contributed by atoms with Crippen molar-refractivity contribution in [3.05, 3.63) is 58.6 Å². The van der Waals surface area contributed by atoms with Crippen LogP contribution in [-0.2, 0) is 4.79 Å². The summed E-state index contributed by atoms with van der Waals surface area (Å²) < 4.78 is 0. The maximum absolute atomic E-state index is 12.8. The minimum absolute atomic E-state index is 0.0398. The van der Waals surface area contributed by atoms with E-state index in [9.17, 15) is 9.59 Å². The van der Waals surface area contributed by atoms with Crippen LogP contribution < -0.4 is 16.0 Å². The number of amides is 2. The average molecular weight is 384 g/mol. The van der Waals surface area contributed by atoms with E-state index >= 15 is 0 Å². The number of anilines is 2. The molecule has 2 fully saturated rings. The first kappa shape index (κ1) is 17.9. The van der Waals surface area contributed by atoms with E-state index in [1.54, 1.807) is 12.1 Å². The first-order chi connectivity index (χ1) is 13.0. The van der Waals surface area contributed by atoms with Crippen molar-refractivity contribution >= 4 is 34.8 Å². The number of hydrogen-bond donors (Lipinski definition) is 2. The zero-order chi connectivity index (χ0) is 19.0. The fourth-order valence-electron chi connectivity index (χ4n) is 3.85. The SMILES string of the molecule is NC(=O)c1ccc(N2CCCC2)c(NC(=O)C2CC2c2ccccc2Cl)c1. The molecular weight excluding hydrogens is 362 g/mol. The Morgan fingerprint density at radius 2 is 1.85 bits per heavy atom. The van der Waals surface area contributed by atoms with Gasteiger partial charge in [-0.25, -0.2) is 0 Å². The Morgan fingerprint density at radius 3 is 2.56 bits per heavy atom. The predicted molar refractivity (Wildman–Crippen MR) is 107 cm³/mol. The minimum atomic E-state index is -0.501. The molecule has 3 N–H and O–H groups in total. The van der Waals surface area contributed by atoms with Gasteiger partial charge in [0.1, 0.15) is 0 Å². The summed E-state index contributed by atoms with van der Waals surface area (Å²) in [7, 11) is 0. The van der Waals surface area contributed by atoms with E-state index in [1.807, 2.05) is 30.3 Å². The van der Waals surface area contributed by atoms with Gasteiger partial charge in [0.25, 0.3) is 0 Å². The van der Waals surface area contributed by atoms with Crippen molar-refractivity contribution in [2.45, 2.75) is 25.2 Å². The molecule has 0 spiro atoms. The zero-order valence-corrected chi connectivity index (χ0v) is 15.7. The molecule has 1 aliphatic heterocycles. The largest absolute Gasteiger partial charge is 0.370 e. The first-order valence-corrected chi connectivity index (χ1v) is 9.66. The number of nitrogens with two attached hydrogens (primary N) is 1. The maximum atomic E-state index is 12.8. The average Bonchev–Trinajstić information content (AvgIpc) is 3.26.